The zero-order valence-electron chi connectivity index (χ0n) is 13.4. The van der Waals surface area contributed by atoms with Crippen LogP contribution in [-0.2, 0) is 10.0 Å². The number of ether oxygens (including phenoxy) is 1. The van der Waals surface area contributed by atoms with Crippen LogP contribution < -0.4 is 15.2 Å². The summed E-state index contributed by atoms with van der Waals surface area (Å²) in [5.41, 5.74) is 0.773. The Morgan fingerprint density at radius 1 is 1.00 bits per heavy atom. The number of rotatable bonds is 4. The van der Waals surface area contributed by atoms with E-state index < -0.39 is 10.0 Å². The van der Waals surface area contributed by atoms with Gasteiger partial charge < -0.3 is 10.1 Å². The highest BCUT2D eigenvalue weighted by molar-refractivity contribution is 7.89. The fourth-order valence-electron chi connectivity index (χ4n) is 2.51. The summed E-state index contributed by atoms with van der Waals surface area (Å²) in [5, 5.41) is 9.83. The van der Waals surface area contributed by atoms with Crippen LogP contribution >= 0.6 is 0 Å². The first-order valence-electron chi connectivity index (χ1n) is 7.39. The van der Waals surface area contributed by atoms with E-state index >= 15 is 0 Å². The zero-order chi connectivity index (χ0) is 18.0. The molecule has 0 saturated heterocycles. The molecule has 0 fully saturated rings. The number of carbonyl (C=O) groups excluding carboxylic acids is 1. The summed E-state index contributed by atoms with van der Waals surface area (Å²) >= 11 is 0. The lowest BCUT2D eigenvalue weighted by Crippen LogP contribution is -2.15. The van der Waals surface area contributed by atoms with E-state index in [4.69, 9.17) is 9.88 Å². The Morgan fingerprint density at radius 2 is 1.72 bits per heavy atom. The van der Waals surface area contributed by atoms with E-state index in [-0.39, 0.29) is 16.6 Å². The smallest absolute Gasteiger partial charge is 0.255 e. The molecule has 3 aromatic rings. The van der Waals surface area contributed by atoms with Crippen molar-refractivity contribution in [3.63, 3.8) is 0 Å². The molecule has 0 aliphatic rings. The van der Waals surface area contributed by atoms with Crippen LogP contribution in [0.5, 0.6) is 5.75 Å². The number of fused-ring (bicyclic) bond motifs is 1. The van der Waals surface area contributed by atoms with Crippen LogP contribution in [0.25, 0.3) is 10.8 Å². The van der Waals surface area contributed by atoms with E-state index in [1.54, 1.807) is 18.2 Å². The fraction of sp³-hybridized carbons (Fsp3) is 0.0556. The molecule has 128 valence electrons. The average molecular weight is 356 g/mol. The standard InChI is InChI=1S/C18H16N2O4S/c1-24-16-9-8-15(11-17(16)25(19,22)23)20-18(21)14-7-6-12-4-2-3-5-13(12)10-14/h2-11H,1H3,(H,20,21)(H2,19,22,23). The van der Waals surface area contributed by atoms with Crippen molar-refractivity contribution in [3.8, 4) is 5.75 Å². The molecular formula is C18H16N2O4S. The maximum Gasteiger partial charge on any atom is 0.255 e. The van der Waals surface area contributed by atoms with Crippen LogP contribution in [0.4, 0.5) is 5.69 Å². The molecule has 3 N–H and O–H groups in total. The van der Waals surface area contributed by atoms with Crippen LogP contribution in [0.1, 0.15) is 10.4 Å². The first-order chi connectivity index (χ1) is 11.9. The molecule has 0 aromatic heterocycles. The summed E-state index contributed by atoms with van der Waals surface area (Å²) in [6, 6.07) is 17.3. The van der Waals surface area contributed by atoms with Crippen LogP contribution in [0, 0.1) is 0 Å². The SMILES string of the molecule is COc1ccc(NC(=O)c2ccc3ccccc3c2)cc1S(N)(=O)=O. The molecule has 0 spiro atoms. The van der Waals surface area contributed by atoms with Gasteiger partial charge in [0.25, 0.3) is 5.91 Å². The van der Waals surface area contributed by atoms with Gasteiger partial charge in [0.2, 0.25) is 10.0 Å². The monoisotopic (exact) mass is 356 g/mol. The van der Waals surface area contributed by atoms with Crippen molar-refractivity contribution in [2.75, 3.05) is 12.4 Å². The minimum Gasteiger partial charge on any atom is -0.495 e. The molecule has 3 rings (SSSR count). The van der Waals surface area contributed by atoms with Gasteiger partial charge in [-0.05, 0) is 41.1 Å². The minimum atomic E-state index is -3.97. The van der Waals surface area contributed by atoms with Crippen molar-refractivity contribution >= 4 is 32.4 Å². The first-order valence-corrected chi connectivity index (χ1v) is 8.94. The first kappa shape index (κ1) is 16.9. The molecule has 0 saturated carbocycles. The molecule has 25 heavy (non-hydrogen) atoms. The number of methoxy groups -OCH3 is 1. The summed E-state index contributed by atoms with van der Waals surface area (Å²) in [5.74, 6) is -0.234. The summed E-state index contributed by atoms with van der Waals surface area (Å²) in [6.45, 7) is 0. The number of nitrogens with two attached hydrogens (primary N) is 1. The third-order valence-corrected chi connectivity index (χ3v) is 4.67. The zero-order valence-corrected chi connectivity index (χ0v) is 14.2. The molecular weight excluding hydrogens is 340 g/mol. The van der Waals surface area contributed by atoms with Gasteiger partial charge in [0.15, 0.2) is 0 Å². The second-order valence-electron chi connectivity index (χ2n) is 5.43. The maximum absolute atomic E-state index is 12.5. The Kier molecular flexibility index (Phi) is 4.43. The Balaban J connectivity index is 1.92. The van der Waals surface area contributed by atoms with E-state index in [1.165, 1.54) is 19.2 Å². The van der Waals surface area contributed by atoms with Crippen molar-refractivity contribution in [2.45, 2.75) is 4.90 Å². The summed E-state index contributed by atoms with van der Waals surface area (Å²) in [6.07, 6.45) is 0. The van der Waals surface area contributed by atoms with Gasteiger partial charge in [0.05, 0.1) is 7.11 Å². The molecule has 7 heteroatoms. The van der Waals surface area contributed by atoms with Crippen molar-refractivity contribution in [2.24, 2.45) is 5.14 Å². The van der Waals surface area contributed by atoms with Crippen molar-refractivity contribution in [1.82, 2.24) is 0 Å². The lowest BCUT2D eigenvalue weighted by Gasteiger charge is -2.10. The second kappa shape index (κ2) is 6.54. The number of sulfonamides is 1. The third-order valence-electron chi connectivity index (χ3n) is 3.74. The number of amides is 1. The Bertz CT molecular complexity index is 1060. The predicted molar refractivity (Wildman–Crippen MR) is 96.3 cm³/mol. The van der Waals surface area contributed by atoms with Crippen molar-refractivity contribution in [3.05, 3.63) is 66.2 Å². The molecule has 0 radical (unpaired) electrons. The fourth-order valence-corrected chi connectivity index (χ4v) is 3.23. The molecule has 0 bridgehead atoms. The van der Waals surface area contributed by atoms with Gasteiger partial charge in [0.1, 0.15) is 10.6 Å². The molecule has 0 atom stereocenters. The van der Waals surface area contributed by atoms with Crippen molar-refractivity contribution in [1.29, 1.82) is 0 Å². The number of anilines is 1. The number of hydrogen-bond donors (Lipinski definition) is 2. The van der Waals surface area contributed by atoms with Gasteiger partial charge in [-0.15, -0.1) is 0 Å². The molecule has 0 heterocycles. The lowest BCUT2D eigenvalue weighted by atomic mass is 10.1. The van der Waals surface area contributed by atoms with Crippen molar-refractivity contribution < 1.29 is 17.9 Å². The van der Waals surface area contributed by atoms with Gasteiger partial charge in [-0.2, -0.15) is 0 Å². The van der Waals surface area contributed by atoms with Gasteiger partial charge in [0, 0.05) is 11.3 Å². The van der Waals surface area contributed by atoms with Crippen LogP contribution in [0.15, 0.2) is 65.6 Å². The lowest BCUT2D eigenvalue weighted by molar-refractivity contribution is 0.102. The molecule has 3 aromatic carbocycles. The largest absolute Gasteiger partial charge is 0.495 e. The number of nitrogens with one attached hydrogen (secondary N) is 1. The maximum atomic E-state index is 12.5. The molecule has 0 unspecified atom stereocenters. The molecule has 0 aliphatic carbocycles. The number of primary sulfonamides is 1. The van der Waals surface area contributed by atoms with Gasteiger partial charge >= 0.3 is 0 Å². The summed E-state index contributed by atoms with van der Waals surface area (Å²) < 4.78 is 28.3. The molecule has 0 aliphatic heterocycles. The van der Waals surface area contributed by atoms with Gasteiger partial charge in [-0.25, -0.2) is 13.6 Å². The molecule has 1 amide bonds. The topological polar surface area (TPSA) is 98.5 Å². The second-order valence-corrected chi connectivity index (χ2v) is 6.96. The van der Waals surface area contributed by atoms with Crippen LogP contribution in [-0.4, -0.2) is 21.4 Å². The highest BCUT2D eigenvalue weighted by Gasteiger charge is 2.16. The van der Waals surface area contributed by atoms with Gasteiger partial charge in [-0.1, -0.05) is 30.3 Å². The van der Waals surface area contributed by atoms with E-state index in [1.807, 2.05) is 30.3 Å². The Labute approximate surface area is 145 Å². The quantitative estimate of drug-likeness (QED) is 0.751. The number of carbonyl (C=O) groups is 1. The predicted octanol–water partition coefficient (Wildman–Crippen LogP) is 2.75. The minimum absolute atomic E-state index is 0.117. The number of benzene rings is 3. The van der Waals surface area contributed by atoms with E-state index in [9.17, 15) is 13.2 Å². The van der Waals surface area contributed by atoms with E-state index in [2.05, 4.69) is 5.32 Å². The van der Waals surface area contributed by atoms with Crippen LogP contribution in [0.2, 0.25) is 0 Å². The Morgan fingerprint density at radius 3 is 2.40 bits per heavy atom. The Hall–Kier alpha value is -2.90. The van der Waals surface area contributed by atoms with Gasteiger partial charge in [-0.3, -0.25) is 4.79 Å². The summed E-state index contributed by atoms with van der Waals surface area (Å²) in [4.78, 5) is 12.3. The van der Waals surface area contributed by atoms with Crippen LogP contribution in [0.3, 0.4) is 0 Å². The van der Waals surface area contributed by atoms with E-state index in [0.717, 1.165) is 10.8 Å². The normalized spacial score (nSPS) is 11.3. The van der Waals surface area contributed by atoms with E-state index in [0.29, 0.717) is 11.3 Å². The highest BCUT2D eigenvalue weighted by Crippen LogP contribution is 2.26. The number of hydrogen-bond acceptors (Lipinski definition) is 4. The summed E-state index contributed by atoms with van der Waals surface area (Å²) in [7, 11) is -2.63. The highest BCUT2D eigenvalue weighted by atomic mass is 32.2. The third kappa shape index (κ3) is 3.62. The molecule has 6 nitrogen and oxygen atoms in total. The average Bonchev–Trinajstić information content (AvgIpc) is 2.60.